The Morgan fingerprint density at radius 2 is 2.18 bits per heavy atom. The van der Waals surface area contributed by atoms with Crippen LogP contribution in [-0.2, 0) is 0 Å². The smallest absolute Gasteiger partial charge is 0.267 e. The highest BCUT2D eigenvalue weighted by molar-refractivity contribution is 6.30. The number of aromatic amines is 1. The summed E-state index contributed by atoms with van der Waals surface area (Å²) in [4.78, 5) is 14.6. The number of hydrogen-bond acceptors (Lipinski definition) is 2. The van der Waals surface area contributed by atoms with E-state index in [9.17, 15) is 9.90 Å². The first-order chi connectivity index (χ1) is 8.06. The van der Waals surface area contributed by atoms with Crippen molar-refractivity contribution in [2.24, 2.45) is 5.41 Å². The van der Waals surface area contributed by atoms with Crippen molar-refractivity contribution < 1.29 is 9.90 Å². The molecular formula is C12H19ClN2O2. The molecule has 5 heteroatoms. The fourth-order valence-corrected chi connectivity index (χ4v) is 1.81. The Bertz CT molecular complexity index is 364. The third-order valence-electron chi connectivity index (χ3n) is 3.35. The Morgan fingerprint density at radius 3 is 2.59 bits per heavy atom. The highest BCUT2D eigenvalue weighted by atomic mass is 35.5. The van der Waals surface area contributed by atoms with E-state index in [1.165, 1.54) is 0 Å². The zero-order chi connectivity index (χ0) is 12.9. The number of hydrogen-bond donors (Lipinski definition) is 3. The van der Waals surface area contributed by atoms with Crippen molar-refractivity contribution in [3.8, 4) is 0 Å². The van der Waals surface area contributed by atoms with E-state index in [1.807, 2.05) is 13.8 Å². The molecule has 0 saturated carbocycles. The minimum absolute atomic E-state index is 0.0752. The lowest BCUT2D eigenvalue weighted by molar-refractivity contribution is 0.0847. The summed E-state index contributed by atoms with van der Waals surface area (Å²) in [5, 5.41) is 12.7. The van der Waals surface area contributed by atoms with Gasteiger partial charge in [0.1, 0.15) is 5.69 Å². The summed E-state index contributed by atoms with van der Waals surface area (Å²) < 4.78 is 0. The summed E-state index contributed by atoms with van der Waals surface area (Å²) in [6.45, 7) is 4.56. The van der Waals surface area contributed by atoms with Gasteiger partial charge < -0.3 is 15.4 Å². The van der Waals surface area contributed by atoms with Crippen LogP contribution >= 0.6 is 11.6 Å². The van der Waals surface area contributed by atoms with Crippen LogP contribution in [0.3, 0.4) is 0 Å². The van der Waals surface area contributed by atoms with Crippen LogP contribution in [0.25, 0.3) is 0 Å². The lowest BCUT2D eigenvalue weighted by Gasteiger charge is -2.29. The van der Waals surface area contributed by atoms with E-state index >= 15 is 0 Å². The average Bonchev–Trinajstić information content (AvgIpc) is 2.78. The van der Waals surface area contributed by atoms with Crippen LogP contribution in [0.15, 0.2) is 12.3 Å². The first-order valence-corrected chi connectivity index (χ1v) is 6.17. The van der Waals surface area contributed by atoms with Gasteiger partial charge in [-0.05, 0) is 18.9 Å². The predicted octanol–water partition coefficient (Wildman–Crippen LogP) is 2.20. The van der Waals surface area contributed by atoms with Gasteiger partial charge in [-0.1, -0.05) is 25.4 Å². The number of carbonyl (C=O) groups excluding carboxylic acids is 1. The summed E-state index contributed by atoms with van der Waals surface area (Å²) in [6.07, 6.45) is 3.22. The van der Waals surface area contributed by atoms with Crippen LogP contribution in [0.2, 0.25) is 5.02 Å². The molecule has 1 aromatic heterocycles. The molecule has 3 N–H and O–H groups in total. The molecule has 0 atom stereocenters. The maximum Gasteiger partial charge on any atom is 0.267 e. The minimum atomic E-state index is -0.230. The monoisotopic (exact) mass is 258 g/mol. The molecule has 0 fully saturated rings. The zero-order valence-corrected chi connectivity index (χ0v) is 11.0. The second-order valence-corrected chi connectivity index (χ2v) is 4.72. The second kappa shape index (κ2) is 6.07. The van der Waals surface area contributed by atoms with Gasteiger partial charge in [0.25, 0.3) is 5.91 Å². The molecule has 0 aromatic carbocycles. The Kier molecular flexibility index (Phi) is 5.02. The third-order valence-corrected chi connectivity index (χ3v) is 3.57. The number of aliphatic hydroxyl groups is 1. The topological polar surface area (TPSA) is 65.1 Å². The largest absolute Gasteiger partial charge is 0.396 e. The van der Waals surface area contributed by atoms with Crippen molar-refractivity contribution >= 4 is 17.5 Å². The number of H-pyrrole nitrogens is 1. The number of rotatable bonds is 6. The molecule has 0 aliphatic heterocycles. The molecule has 0 unspecified atom stereocenters. The van der Waals surface area contributed by atoms with E-state index in [0.717, 1.165) is 12.8 Å². The number of amides is 1. The quantitative estimate of drug-likeness (QED) is 0.732. The fraction of sp³-hybridized carbons (Fsp3) is 0.583. The van der Waals surface area contributed by atoms with Gasteiger partial charge in [-0.15, -0.1) is 0 Å². The van der Waals surface area contributed by atoms with Gasteiger partial charge in [-0.3, -0.25) is 4.79 Å². The number of carbonyl (C=O) groups is 1. The van der Waals surface area contributed by atoms with Crippen molar-refractivity contribution in [2.45, 2.75) is 26.7 Å². The van der Waals surface area contributed by atoms with E-state index in [-0.39, 0.29) is 17.9 Å². The summed E-state index contributed by atoms with van der Waals surface area (Å²) in [6, 6.07) is 1.58. The molecule has 1 amide bonds. The van der Waals surface area contributed by atoms with E-state index in [4.69, 9.17) is 11.6 Å². The van der Waals surface area contributed by atoms with E-state index < -0.39 is 0 Å². The highest BCUT2D eigenvalue weighted by Gasteiger charge is 2.26. The van der Waals surface area contributed by atoms with Crippen LogP contribution in [0.1, 0.15) is 37.2 Å². The molecule has 0 saturated heterocycles. The van der Waals surface area contributed by atoms with Crippen LogP contribution < -0.4 is 5.32 Å². The van der Waals surface area contributed by atoms with Gasteiger partial charge in [0.15, 0.2) is 0 Å². The summed E-state index contributed by atoms with van der Waals surface area (Å²) in [7, 11) is 0. The molecule has 0 spiro atoms. The van der Waals surface area contributed by atoms with E-state index in [0.29, 0.717) is 17.3 Å². The summed E-state index contributed by atoms with van der Waals surface area (Å²) >= 11 is 5.73. The maximum atomic E-state index is 11.8. The lowest BCUT2D eigenvalue weighted by atomic mass is 9.83. The molecular weight excluding hydrogens is 240 g/mol. The molecule has 0 aliphatic rings. The van der Waals surface area contributed by atoms with Gasteiger partial charge in [0.05, 0.1) is 11.6 Å². The number of aliphatic hydroxyl groups excluding tert-OH is 1. The van der Waals surface area contributed by atoms with Gasteiger partial charge in [-0.25, -0.2) is 0 Å². The summed E-state index contributed by atoms with van der Waals surface area (Å²) in [5.74, 6) is -0.198. The average molecular weight is 259 g/mol. The lowest BCUT2D eigenvalue weighted by Crippen LogP contribution is -2.39. The molecule has 0 radical (unpaired) electrons. The first-order valence-electron chi connectivity index (χ1n) is 5.80. The molecule has 17 heavy (non-hydrogen) atoms. The summed E-state index contributed by atoms with van der Waals surface area (Å²) in [5.41, 5.74) is 0.209. The van der Waals surface area contributed by atoms with Crippen LogP contribution in [0, 0.1) is 5.41 Å². The normalized spacial score (nSPS) is 11.5. The highest BCUT2D eigenvalue weighted by Crippen LogP contribution is 2.24. The van der Waals surface area contributed by atoms with E-state index in [2.05, 4.69) is 10.3 Å². The van der Waals surface area contributed by atoms with E-state index in [1.54, 1.807) is 12.3 Å². The van der Waals surface area contributed by atoms with Crippen LogP contribution in [0.4, 0.5) is 0 Å². The van der Waals surface area contributed by atoms with Crippen molar-refractivity contribution in [3.05, 3.63) is 23.0 Å². The maximum absolute atomic E-state index is 11.8. The Morgan fingerprint density at radius 1 is 1.53 bits per heavy atom. The van der Waals surface area contributed by atoms with Gasteiger partial charge in [0, 0.05) is 18.2 Å². The Labute approximate surface area is 106 Å². The van der Waals surface area contributed by atoms with Crippen LogP contribution in [-0.4, -0.2) is 29.1 Å². The van der Waals surface area contributed by atoms with Gasteiger partial charge in [0.2, 0.25) is 0 Å². The number of halogens is 1. The standard InChI is InChI=1S/C12H19ClN2O2/c1-3-12(4-2,8-16)7-15-11(17)10-5-9(13)6-14-10/h5-6,14,16H,3-4,7-8H2,1-2H3,(H,15,17). The number of aromatic nitrogens is 1. The van der Waals surface area contributed by atoms with Crippen molar-refractivity contribution in [1.29, 1.82) is 0 Å². The second-order valence-electron chi connectivity index (χ2n) is 4.28. The molecule has 1 rings (SSSR count). The van der Waals surface area contributed by atoms with Crippen molar-refractivity contribution in [1.82, 2.24) is 10.3 Å². The SMILES string of the molecule is CCC(CC)(CO)CNC(=O)c1cc(Cl)c[nH]1. The first kappa shape index (κ1) is 14.1. The van der Waals surface area contributed by atoms with Gasteiger partial charge >= 0.3 is 0 Å². The minimum Gasteiger partial charge on any atom is -0.396 e. The molecule has 0 bridgehead atoms. The van der Waals surface area contributed by atoms with Gasteiger partial charge in [-0.2, -0.15) is 0 Å². The molecule has 1 heterocycles. The molecule has 1 aromatic rings. The Balaban J connectivity index is 2.58. The molecule has 96 valence electrons. The molecule has 4 nitrogen and oxygen atoms in total. The van der Waals surface area contributed by atoms with Crippen LogP contribution in [0.5, 0.6) is 0 Å². The third kappa shape index (κ3) is 3.48. The number of nitrogens with one attached hydrogen (secondary N) is 2. The van der Waals surface area contributed by atoms with Crippen molar-refractivity contribution in [2.75, 3.05) is 13.2 Å². The predicted molar refractivity (Wildman–Crippen MR) is 68.2 cm³/mol. The molecule has 0 aliphatic carbocycles. The zero-order valence-electron chi connectivity index (χ0n) is 10.2. The Hall–Kier alpha value is -1.00. The fourth-order valence-electron chi connectivity index (χ4n) is 1.64. The van der Waals surface area contributed by atoms with Crippen molar-refractivity contribution in [3.63, 3.8) is 0 Å².